The van der Waals surface area contributed by atoms with Crippen LogP contribution in [-0.2, 0) is 6.54 Å². The van der Waals surface area contributed by atoms with Crippen molar-refractivity contribution in [1.82, 2.24) is 4.90 Å². The van der Waals surface area contributed by atoms with Crippen LogP contribution in [0.2, 0.25) is 0 Å². The van der Waals surface area contributed by atoms with Crippen LogP contribution in [0.3, 0.4) is 0 Å². The highest BCUT2D eigenvalue weighted by atomic mass is 79.9. The van der Waals surface area contributed by atoms with E-state index in [1.165, 1.54) is 35.8 Å². The molecule has 16 heavy (non-hydrogen) atoms. The van der Waals surface area contributed by atoms with E-state index in [4.69, 9.17) is 5.73 Å². The molecule has 0 radical (unpaired) electrons. The minimum atomic E-state index is 0.832. The van der Waals surface area contributed by atoms with Crippen molar-refractivity contribution in [3.05, 3.63) is 28.2 Å². The van der Waals surface area contributed by atoms with E-state index in [0.717, 1.165) is 24.2 Å². The minimum absolute atomic E-state index is 0.832. The van der Waals surface area contributed by atoms with Gasteiger partial charge >= 0.3 is 0 Å². The van der Waals surface area contributed by atoms with Crippen molar-refractivity contribution in [3.8, 4) is 0 Å². The Bertz CT molecular complexity index is 405. The summed E-state index contributed by atoms with van der Waals surface area (Å²) in [6.45, 7) is 2.33. The van der Waals surface area contributed by atoms with E-state index in [-0.39, 0.29) is 0 Å². The Morgan fingerprint density at radius 2 is 2.25 bits per heavy atom. The maximum Gasteiger partial charge on any atom is 0.0318 e. The molecule has 0 aromatic heterocycles. The van der Waals surface area contributed by atoms with Crippen LogP contribution in [0.15, 0.2) is 22.7 Å². The number of hydrogen-bond donors (Lipinski definition) is 1. The first-order chi connectivity index (χ1) is 7.72. The van der Waals surface area contributed by atoms with Gasteiger partial charge in [-0.25, -0.2) is 0 Å². The van der Waals surface area contributed by atoms with Crippen LogP contribution in [0.25, 0.3) is 0 Å². The minimum Gasteiger partial charge on any atom is -0.399 e. The molecule has 2 fully saturated rings. The number of nitrogen functional groups attached to an aromatic ring is 1. The third-order valence-corrected chi connectivity index (χ3v) is 4.74. The monoisotopic (exact) mass is 280 g/mol. The molecule has 1 heterocycles. The summed E-state index contributed by atoms with van der Waals surface area (Å²) in [5.41, 5.74) is 8.03. The fraction of sp³-hybridized carbons (Fsp3) is 0.538. The molecule has 2 aliphatic rings. The maximum absolute atomic E-state index is 5.84. The zero-order chi connectivity index (χ0) is 11.1. The Balaban J connectivity index is 1.76. The zero-order valence-electron chi connectivity index (χ0n) is 9.32. The predicted molar refractivity (Wildman–Crippen MR) is 70.1 cm³/mol. The molecule has 86 valence electrons. The van der Waals surface area contributed by atoms with Crippen LogP contribution < -0.4 is 5.73 Å². The number of anilines is 1. The van der Waals surface area contributed by atoms with Gasteiger partial charge < -0.3 is 5.73 Å². The average molecular weight is 281 g/mol. The molecule has 1 saturated carbocycles. The number of nitrogens with zero attached hydrogens (tertiary/aromatic N) is 1. The Morgan fingerprint density at radius 1 is 1.38 bits per heavy atom. The molecule has 2 unspecified atom stereocenters. The predicted octanol–water partition coefficient (Wildman–Crippen LogP) is 3.02. The quantitative estimate of drug-likeness (QED) is 0.844. The molecule has 0 amide bonds. The van der Waals surface area contributed by atoms with Gasteiger partial charge in [0.05, 0.1) is 0 Å². The van der Waals surface area contributed by atoms with E-state index >= 15 is 0 Å². The Morgan fingerprint density at radius 3 is 2.94 bits per heavy atom. The maximum atomic E-state index is 5.84. The fourth-order valence-corrected chi connectivity index (χ4v) is 3.53. The lowest BCUT2D eigenvalue weighted by Gasteiger charge is -2.27. The molecule has 1 aliphatic heterocycles. The summed E-state index contributed by atoms with van der Waals surface area (Å²) in [5.74, 6) is 0.963. The molecule has 3 heteroatoms. The third-order valence-electron chi connectivity index (χ3n) is 3.97. The smallest absolute Gasteiger partial charge is 0.0318 e. The van der Waals surface area contributed by atoms with E-state index in [1.807, 2.05) is 6.07 Å². The van der Waals surface area contributed by atoms with Crippen LogP contribution >= 0.6 is 15.9 Å². The van der Waals surface area contributed by atoms with Gasteiger partial charge in [0.2, 0.25) is 0 Å². The van der Waals surface area contributed by atoms with Gasteiger partial charge in [-0.05, 0) is 48.9 Å². The molecule has 3 rings (SSSR count). The van der Waals surface area contributed by atoms with E-state index in [9.17, 15) is 0 Å². The lowest BCUT2D eigenvalue weighted by atomic mass is 10.1. The van der Waals surface area contributed by atoms with Crippen molar-refractivity contribution < 1.29 is 0 Å². The molecule has 1 aromatic rings. The molecule has 2 N–H and O–H groups in total. The number of piperidine rings is 1. The molecule has 1 aliphatic carbocycles. The van der Waals surface area contributed by atoms with Gasteiger partial charge in [0.25, 0.3) is 0 Å². The molecular weight excluding hydrogens is 264 g/mol. The van der Waals surface area contributed by atoms with Crippen molar-refractivity contribution in [1.29, 1.82) is 0 Å². The van der Waals surface area contributed by atoms with Crippen molar-refractivity contribution in [2.24, 2.45) is 5.92 Å². The van der Waals surface area contributed by atoms with Gasteiger partial charge in [-0.1, -0.05) is 15.9 Å². The summed E-state index contributed by atoms with van der Waals surface area (Å²) in [5, 5.41) is 0. The van der Waals surface area contributed by atoms with Gasteiger partial charge in [-0.15, -0.1) is 0 Å². The number of halogens is 1. The van der Waals surface area contributed by atoms with Crippen LogP contribution in [0, 0.1) is 5.92 Å². The van der Waals surface area contributed by atoms with Gasteiger partial charge in [-0.3, -0.25) is 4.90 Å². The first-order valence-corrected chi connectivity index (χ1v) is 6.79. The lowest BCUT2D eigenvalue weighted by Crippen LogP contribution is -2.31. The summed E-state index contributed by atoms with van der Waals surface area (Å²) < 4.78 is 1.18. The average Bonchev–Trinajstić information content (AvgIpc) is 2.85. The topological polar surface area (TPSA) is 29.3 Å². The van der Waals surface area contributed by atoms with Crippen LogP contribution in [0.4, 0.5) is 5.69 Å². The van der Waals surface area contributed by atoms with Gasteiger partial charge in [0.15, 0.2) is 0 Å². The highest BCUT2D eigenvalue weighted by Gasteiger charge is 2.37. The van der Waals surface area contributed by atoms with Crippen LogP contribution in [0.1, 0.15) is 24.8 Å². The summed E-state index contributed by atoms with van der Waals surface area (Å²) in [6.07, 6.45) is 4.25. The van der Waals surface area contributed by atoms with Crippen LogP contribution in [-0.4, -0.2) is 17.5 Å². The molecule has 0 spiro atoms. The van der Waals surface area contributed by atoms with Crippen molar-refractivity contribution in [2.75, 3.05) is 12.3 Å². The first-order valence-electron chi connectivity index (χ1n) is 6.00. The second kappa shape index (κ2) is 4.04. The standard InChI is InChI=1S/C13H17BrN2/c14-13-4-2-11(15)6-10(13)8-16-7-9-1-3-12(16)5-9/h2,4,6,9,12H,1,3,5,7-8,15H2. The van der Waals surface area contributed by atoms with Crippen molar-refractivity contribution in [3.63, 3.8) is 0 Å². The van der Waals surface area contributed by atoms with E-state index in [1.54, 1.807) is 0 Å². The lowest BCUT2D eigenvalue weighted by molar-refractivity contribution is 0.205. The molecule has 1 saturated heterocycles. The number of fused-ring (bicyclic) bond motifs is 2. The third kappa shape index (κ3) is 1.87. The second-order valence-electron chi connectivity index (χ2n) is 5.11. The molecule has 2 bridgehead atoms. The van der Waals surface area contributed by atoms with Crippen molar-refractivity contribution >= 4 is 21.6 Å². The fourth-order valence-electron chi connectivity index (χ4n) is 3.16. The van der Waals surface area contributed by atoms with Crippen molar-refractivity contribution in [2.45, 2.75) is 31.8 Å². The van der Waals surface area contributed by atoms with E-state index < -0.39 is 0 Å². The Labute approximate surface area is 105 Å². The normalized spacial score (nSPS) is 28.8. The summed E-state index contributed by atoms with van der Waals surface area (Å²) in [6, 6.07) is 6.93. The number of likely N-dealkylation sites (tertiary alicyclic amines) is 1. The van der Waals surface area contributed by atoms with E-state index in [2.05, 4.69) is 33.0 Å². The highest BCUT2D eigenvalue weighted by molar-refractivity contribution is 9.10. The van der Waals surface area contributed by atoms with Gasteiger partial charge in [0.1, 0.15) is 0 Å². The highest BCUT2D eigenvalue weighted by Crippen LogP contribution is 2.38. The Kier molecular flexibility index (Phi) is 2.68. The van der Waals surface area contributed by atoms with Gasteiger partial charge in [0, 0.05) is 29.3 Å². The van der Waals surface area contributed by atoms with E-state index in [0.29, 0.717) is 0 Å². The van der Waals surface area contributed by atoms with Gasteiger partial charge in [-0.2, -0.15) is 0 Å². The SMILES string of the molecule is Nc1ccc(Br)c(CN2CC3CCC2C3)c1. The summed E-state index contributed by atoms with van der Waals surface area (Å²) in [7, 11) is 0. The Hall–Kier alpha value is -0.540. The first kappa shape index (κ1) is 10.6. The number of nitrogens with two attached hydrogens (primary N) is 1. The number of rotatable bonds is 2. The zero-order valence-corrected chi connectivity index (χ0v) is 10.9. The molecule has 2 atom stereocenters. The molecular formula is C13H17BrN2. The van der Waals surface area contributed by atoms with Crippen LogP contribution in [0.5, 0.6) is 0 Å². The number of hydrogen-bond acceptors (Lipinski definition) is 2. The second-order valence-corrected chi connectivity index (χ2v) is 5.97. The molecule has 1 aromatic carbocycles. The number of benzene rings is 1. The largest absolute Gasteiger partial charge is 0.399 e. The summed E-state index contributed by atoms with van der Waals surface area (Å²) >= 11 is 3.61. The summed E-state index contributed by atoms with van der Waals surface area (Å²) in [4.78, 5) is 2.62. The molecule has 2 nitrogen and oxygen atoms in total.